The van der Waals surface area contributed by atoms with E-state index in [2.05, 4.69) is 0 Å². The fourth-order valence-electron chi connectivity index (χ4n) is 5.59. The lowest BCUT2D eigenvalue weighted by Crippen LogP contribution is -2.46. The molecule has 1 atom stereocenters. The van der Waals surface area contributed by atoms with Gasteiger partial charge in [0.25, 0.3) is 0 Å². The number of hydrogen-bond acceptors (Lipinski definition) is 4. The molecule has 0 unspecified atom stereocenters. The second kappa shape index (κ2) is 9.87. The van der Waals surface area contributed by atoms with Gasteiger partial charge in [-0.1, -0.05) is 43.5 Å². The first-order valence-electron chi connectivity index (χ1n) is 12.4. The monoisotopic (exact) mass is 526 g/mol. The number of carbonyl (C=O) groups is 1. The van der Waals surface area contributed by atoms with Gasteiger partial charge in [0.05, 0.1) is 11.3 Å². The lowest BCUT2D eigenvalue weighted by Gasteiger charge is -2.36. The van der Waals surface area contributed by atoms with Crippen LogP contribution < -0.4 is 4.90 Å². The maximum atomic E-state index is 15.6. The predicted octanol–water partition coefficient (Wildman–Crippen LogP) is 6.05. The lowest BCUT2D eigenvalue weighted by atomic mass is 9.83. The molecule has 1 aliphatic heterocycles. The first-order valence-corrected chi connectivity index (χ1v) is 13.8. The number of hydrogen-bond donors (Lipinski definition) is 1. The molecule has 2 aliphatic rings. The summed E-state index contributed by atoms with van der Waals surface area (Å²) in [5.41, 5.74) is 0.323. The summed E-state index contributed by atoms with van der Waals surface area (Å²) in [6.45, 7) is 0.371. The number of likely N-dealkylation sites (N-methyl/N-ethyl adjacent to an activating group) is 1. The van der Waals surface area contributed by atoms with Crippen LogP contribution in [0.25, 0.3) is 11.1 Å². The van der Waals surface area contributed by atoms with Gasteiger partial charge in [-0.2, -0.15) is 4.31 Å². The van der Waals surface area contributed by atoms with Gasteiger partial charge >= 0.3 is 5.97 Å². The van der Waals surface area contributed by atoms with E-state index in [0.717, 1.165) is 49.9 Å². The van der Waals surface area contributed by atoms with E-state index in [1.165, 1.54) is 22.5 Å². The molecule has 1 fully saturated rings. The Morgan fingerprint density at radius 3 is 2.32 bits per heavy atom. The number of para-hydroxylation sites is 1. The standard InChI is InChI=1S/C28H28F2N2O4S/c1-31-26(18-8-4-2-5-9-18)17-32(20-10-6-3-7-11-20)25-16-24(30)21(15-27(25)37(31,35)36)19-12-13-23(29)22(14-19)28(33)34/h3,6-7,10-16,18,26H,2,4-5,8-9,17H2,1H3,(H,33,34)/t26-/m0/s1. The summed E-state index contributed by atoms with van der Waals surface area (Å²) < 4.78 is 59.1. The highest BCUT2D eigenvalue weighted by Gasteiger charge is 2.41. The zero-order valence-electron chi connectivity index (χ0n) is 20.4. The first-order chi connectivity index (χ1) is 17.7. The van der Waals surface area contributed by atoms with Crippen molar-refractivity contribution in [2.45, 2.75) is 43.0 Å². The number of aromatic carboxylic acids is 1. The van der Waals surface area contributed by atoms with Gasteiger partial charge in [-0.25, -0.2) is 22.0 Å². The average Bonchev–Trinajstić information content (AvgIpc) is 2.97. The molecule has 194 valence electrons. The van der Waals surface area contributed by atoms with Crippen molar-refractivity contribution in [1.29, 1.82) is 0 Å². The number of rotatable bonds is 4. The predicted molar refractivity (Wildman–Crippen MR) is 138 cm³/mol. The van der Waals surface area contributed by atoms with Crippen molar-refractivity contribution in [2.75, 3.05) is 18.5 Å². The summed E-state index contributed by atoms with van der Waals surface area (Å²) in [6.07, 6.45) is 5.07. The minimum atomic E-state index is -4.04. The zero-order chi connectivity index (χ0) is 26.3. The molecule has 0 saturated heterocycles. The van der Waals surface area contributed by atoms with E-state index in [0.29, 0.717) is 6.54 Å². The van der Waals surface area contributed by atoms with E-state index in [-0.39, 0.29) is 33.7 Å². The number of halogens is 2. The minimum Gasteiger partial charge on any atom is -0.478 e. The summed E-state index contributed by atoms with van der Waals surface area (Å²) in [5.74, 6) is -3.00. The maximum Gasteiger partial charge on any atom is 0.338 e. The van der Waals surface area contributed by atoms with Crippen molar-refractivity contribution < 1.29 is 27.1 Å². The smallest absolute Gasteiger partial charge is 0.338 e. The van der Waals surface area contributed by atoms with Crippen molar-refractivity contribution in [3.05, 3.63) is 77.9 Å². The normalized spacial score (nSPS) is 20.3. The van der Waals surface area contributed by atoms with Gasteiger partial charge < -0.3 is 10.0 Å². The molecule has 1 aliphatic carbocycles. The van der Waals surface area contributed by atoms with Crippen LogP contribution in [-0.4, -0.2) is 43.4 Å². The molecule has 3 aromatic rings. The molecule has 3 aromatic carbocycles. The molecular weight excluding hydrogens is 498 g/mol. The minimum absolute atomic E-state index is 0.0743. The third-order valence-corrected chi connectivity index (χ3v) is 9.51. The highest BCUT2D eigenvalue weighted by atomic mass is 32.2. The SMILES string of the molecule is CN1[C@H](C2CCCCC2)CN(c2ccccc2)c2cc(F)c(-c3ccc(F)c(C(=O)O)c3)cc2S1(=O)=O. The highest BCUT2D eigenvalue weighted by molar-refractivity contribution is 7.89. The number of anilines is 2. The molecule has 1 N–H and O–H groups in total. The molecule has 0 spiro atoms. The number of carboxylic acid groups (broad SMARTS) is 1. The Hall–Kier alpha value is -3.30. The molecule has 6 nitrogen and oxygen atoms in total. The van der Waals surface area contributed by atoms with Gasteiger partial charge in [0, 0.05) is 30.9 Å². The van der Waals surface area contributed by atoms with Crippen molar-refractivity contribution in [1.82, 2.24) is 4.31 Å². The summed E-state index contributed by atoms with van der Waals surface area (Å²) in [6, 6.07) is 14.6. The summed E-state index contributed by atoms with van der Waals surface area (Å²) in [4.78, 5) is 13.2. The molecule has 0 aromatic heterocycles. The second-order valence-corrected chi connectivity index (χ2v) is 11.7. The third-order valence-electron chi connectivity index (χ3n) is 7.60. The summed E-state index contributed by atoms with van der Waals surface area (Å²) in [7, 11) is -2.46. The van der Waals surface area contributed by atoms with E-state index in [1.54, 1.807) is 7.05 Å². The van der Waals surface area contributed by atoms with Crippen LogP contribution in [0.1, 0.15) is 42.5 Å². The van der Waals surface area contributed by atoms with Crippen LogP contribution in [0.2, 0.25) is 0 Å². The van der Waals surface area contributed by atoms with E-state index in [1.807, 2.05) is 35.2 Å². The summed E-state index contributed by atoms with van der Waals surface area (Å²) in [5, 5.41) is 9.32. The Kier molecular flexibility index (Phi) is 6.76. The van der Waals surface area contributed by atoms with Crippen LogP contribution in [-0.2, 0) is 10.0 Å². The first kappa shape index (κ1) is 25.4. The fraction of sp³-hybridized carbons (Fsp3) is 0.321. The Morgan fingerprint density at radius 1 is 0.946 bits per heavy atom. The second-order valence-electron chi connectivity index (χ2n) is 9.73. The van der Waals surface area contributed by atoms with Crippen LogP contribution in [0.5, 0.6) is 0 Å². The zero-order valence-corrected chi connectivity index (χ0v) is 21.2. The molecule has 37 heavy (non-hydrogen) atoms. The molecule has 0 amide bonds. The topological polar surface area (TPSA) is 77.9 Å². The lowest BCUT2D eigenvalue weighted by molar-refractivity contribution is 0.0692. The summed E-state index contributed by atoms with van der Waals surface area (Å²) >= 11 is 0. The van der Waals surface area contributed by atoms with E-state index in [9.17, 15) is 22.7 Å². The van der Waals surface area contributed by atoms with E-state index >= 15 is 4.39 Å². The number of sulfonamides is 1. The van der Waals surface area contributed by atoms with Crippen LogP contribution in [0, 0.1) is 17.6 Å². The molecule has 1 heterocycles. The number of benzene rings is 3. The van der Waals surface area contributed by atoms with Gasteiger partial charge in [0.15, 0.2) is 0 Å². The fourth-order valence-corrected chi connectivity index (χ4v) is 7.20. The third kappa shape index (κ3) is 4.62. The van der Waals surface area contributed by atoms with Gasteiger partial charge in [-0.05, 0) is 60.7 Å². The molecule has 1 saturated carbocycles. The van der Waals surface area contributed by atoms with Crippen LogP contribution in [0.4, 0.5) is 20.2 Å². The molecular formula is C28H28F2N2O4S. The van der Waals surface area contributed by atoms with Gasteiger partial charge in [-0.15, -0.1) is 0 Å². The average molecular weight is 527 g/mol. The van der Waals surface area contributed by atoms with Crippen molar-refractivity contribution in [3.8, 4) is 11.1 Å². The van der Waals surface area contributed by atoms with Gasteiger partial charge in [0.2, 0.25) is 10.0 Å². The van der Waals surface area contributed by atoms with Crippen molar-refractivity contribution in [2.24, 2.45) is 5.92 Å². The number of fused-ring (bicyclic) bond motifs is 1. The quantitative estimate of drug-likeness (QED) is 0.448. The van der Waals surface area contributed by atoms with Crippen LogP contribution >= 0.6 is 0 Å². The van der Waals surface area contributed by atoms with E-state index in [4.69, 9.17) is 0 Å². The Labute approximate surface area is 215 Å². The maximum absolute atomic E-state index is 15.6. The largest absolute Gasteiger partial charge is 0.478 e. The van der Waals surface area contributed by atoms with Gasteiger partial charge in [0.1, 0.15) is 16.5 Å². The van der Waals surface area contributed by atoms with Crippen LogP contribution in [0.3, 0.4) is 0 Å². The molecule has 0 radical (unpaired) electrons. The molecule has 0 bridgehead atoms. The molecule has 5 rings (SSSR count). The van der Waals surface area contributed by atoms with Crippen molar-refractivity contribution >= 4 is 27.4 Å². The number of carboxylic acids is 1. The Morgan fingerprint density at radius 2 is 1.65 bits per heavy atom. The van der Waals surface area contributed by atoms with Gasteiger partial charge in [-0.3, -0.25) is 0 Å². The molecule has 9 heteroatoms. The van der Waals surface area contributed by atoms with Crippen LogP contribution in [0.15, 0.2) is 65.6 Å². The highest BCUT2D eigenvalue weighted by Crippen LogP contribution is 2.43. The number of nitrogens with zero attached hydrogens (tertiary/aromatic N) is 2. The Balaban J connectivity index is 1.71. The van der Waals surface area contributed by atoms with Crippen molar-refractivity contribution in [3.63, 3.8) is 0 Å². The van der Waals surface area contributed by atoms with E-state index < -0.39 is 33.2 Å². The Bertz CT molecular complexity index is 1440.